The fourth-order valence-corrected chi connectivity index (χ4v) is 0.888. The molecule has 0 aromatic carbocycles. The zero-order chi connectivity index (χ0) is 6.69. The SMILES string of the molecule is NCCc1cc(Br)on1. The first-order chi connectivity index (χ1) is 4.33. The second kappa shape index (κ2) is 2.98. The summed E-state index contributed by atoms with van der Waals surface area (Å²) in [6.07, 6.45) is 0.773. The van der Waals surface area contributed by atoms with E-state index in [4.69, 9.17) is 10.3 Å². The number of nitrogens with zero attached hydrogens (tertiary/aromatic N) is 1. The number of nitrogens with two attached hydrogens (primary N) is 1. The lowest BCUT2D eigenvalue weighted by molar-refractivity contribution is 0.393. The first-order valence-electron chi connectivity index (χ1n) is 2.64. The summed E-state index contributed by atoms with van der Waals surface area (Å²) in [7, 11) is 0. The molecule has 0 aliphatic heterocycles. The van der Waals surface area contributed by atoms with Crippen LogP contribution in [0.5, 0.6) is 0 Å². The Morgan fingerprint density at radius 1 is 1.78 bits per heavy atom. The van der Waals surface area contributed by atoms with Gasteiger partial charge in [0.2, 0.25) is 4.67 Å². The van der Waals surface area contributed by atoms with Gasteiger partial charge in [-0.25, -0.2) is 0 Å². The van der Waals surface area contributed by atoms with Crippen LogP contribution in [0.1, 0.15) is 5.69 Å². The maximum Gasteiger partial charge on any atom is 0.202 e. The molecule has 1 rings (SSSR count). The molecule has 0 fully saturated rings. The van der Waals surface area contributed by atoms with Gasteiger partial charge in [0.1, 0.15) is 0 Å². The van der Waals surface area contributed by atoms with Crippen molar-refractivity contribution in [2.24, 2.45) is 5.73 Å². The van der Waals surface area contributed by atoms with E-state index in [0.717, 1.165) is 12.1 Å². The van der Waals surface area contributed by atoms with Gasteiger partial charge in [-0.05, 0) is 22.5 Å². The van der Waals surface area contributed by atoms with Crippen LogP contribution < -0.4 is 5.73 Å². The van der Waals surface area contributed by atoms with Gasteiger partial charge in [0, 0.05) is 12.5 Å². The smallest absolute Gasteiger partial charge is 0.202 e. The summed E-state index contributed by atoms with van der Waals surface area (Å²) < 4.78 is 5.39. The minimum atomic E-state index is 0.610. The summed E-state index contributed by atoms with van der Waals surface area (Å²) in [6.45, 7) is 0.610. The van der Waals surface area contributed by atoms with Crippen LogP contribution in [0.2, 0.25) is 0 Å². The van der Waals surface area contributed by atoms with Crippen molar-refractivity contribution in [3.05, 3.63) is 16.4 Å². The third-order valence-electron chi connectivity index (χ3n) is 0.931. The predicted molar refractivity (Wildman–Crippen MR) is 37.0 cm³/mol. The second-order valence-electron chi connectivity index (χ2n) is 1.66. The Morgan fingerprint density at radius 3 is 3.00 bits per heavy atom. The van der Waals surface area contributed by atoms with E-state index in [2.05, 4.69) is 21.1 Å². The highest BCUT2D eigenvalue weighted by molar-refractivity contribution is 9.10. The summed E-state index contributed by atoms with van der Waals surface area (Å²) in [5.41, 5.74) is 6.17. The van der Waals surface area contributed by atoms with Crippen LogP contribution in [0.4, 0.5) is 0 Å². The fourth-order valence-electron chi connectivity index (χ4n) is 0.552. The van der Waals surface area contributed by atoms with Crippen molar-refractivity contribution in [3.63, 3.8) is 0 Å². The van der Waals surface area contributed by atoms with Crippen molar-refractivity contribution in [1.82, 2.24) is 5.16 Å². The van der Waals surface area contributed by atoms with Gasteiger partial charge in [0.25, 0.3) is 0 Å². The van der Waals surface area contributed by atoms with Gasteiger partial charge in [-0.1, -0.05) is 5.16 Å². The molecule has 3 nitrogen and oxygen atoms in total. The molecule has 0 unspecified atom stereocenters. The van der Waals surface area contributed by atoms with Crippen molar-refractivity contribution < 1.29 is 4.52 Å². The summed E-state index contributed by atoms with van der Waals surface area (Å²) >= 11 is 3.13. The average molecular weight is 191 g/mol. The van der Waals surface area contributed by atoms with Gasteiger partial charge < -0.3 is 10.3 Å². The molecule has 0 aliphatic carbocycles. The molecule has 0 amide bonds. The molecule has 1 aromatic rings. The predicted octanol–water partition coefficient (Wildman–Crippen LogP) is 0.938. The standard InChI is InChI=1S/C5H7BrN2O/c6-5-3-4(1-2-7)8-9-5/h3H,1-2,7H2. The quantitative estimate of drug-likeness (QED) is 0.756. The topological polar surface area (TPSA) is 52.0 Å². The van der Waals surface area contributed by atoms with Crippen LogP contribution in [0.25, 0.3) is 0 Å². The van der Waals surface area contributed by atoms with Crippen LogP contribution in [-0.2, 0) is 6.42 Å². The normalized spacial score (nSPS) is 10.0. The lowest BCUT2D eigenvalue weighted by atomic mass is 10.3. The van der Waals surface area contributed by atoms with Crippen LogP contribution in [0, 0.1) is 0 Å². The maximum atomic E-state index is 5.27. The summed E-state index contributed by atoms with van der Waals surface area (Å²) in [5, 5.41) is 3.70. The van der Waals surface area contributed by atoms with Crippen molar-refractivity contribution in [2.75, 3.05) is 6.54 Å². The molecule has 0 radical (unpaired) electrons. The Kier molecular flexibility index (Phi) is 2.24. The van der Waals surface area contributed by atoms with Crippen molar-refractivity contribution in [2.45, 2.75) is 6.42 Å². The molecule has 2 N–H and O–H groups in total. The Balaban J connectivity index is 2.61. The second-order valence-corrected chi connectivity index (χ2v) is 2.44. The van der Waals surface area contributed by atoms with Crippen LogP contribution in [0.3, 0.4) is 0 Å². The fraction of sp³-hybridized carbons (Fsp3) is 0.400. The molecule has 1 aromatic heterocycles. The van der Waals surface area contributed by atoms with Crippen molar-refractivity contribution >= 4 is 15.9 Å². The van der Waals surface area contributed by atoms with Gasteiger partial charge in [0.15, 0.2) is 0 Å². The Hall–Kier alpha value is -0.350. The first kappa shape index (κ1) is 6.77. The molecule has 1 heterocycles. The monoisotopic (exact) mass is 190 g/mol. The zero-order valence-corrected chi connectivity index (χ0v) is 6.39. The maximum absolute atomic E-state index is 5.27. The minimum Gasteiger partial charge on any atom is -0.349 e. The van der Waals surface area contributed by atoms with Crippen molar-refractivity contribution in [3.8, 4) is 0 Å². The number of hydrogen-bond donors (Lipinski definition) is 1. The molecular weight excluding hydrogens is 184 g/mol. The van der Waals surface area contributed by atoms with E-state index in [-0.39, 0.29) is 0 Å². The van der Waals surface area contributed by atoms with E-state index in [1.54, 1.807) is 0 Å². The Morgan fingerprint density at radius 2 is 2.56 bits per heavy atom. The van der Waals surface area contributed by atoms with Gasteiger partial charge in [-0.3, -0.25) is 0 Å². The van der Waals surface area contributed by atoms with Gasteiger partial charge in [-0.15, -0.1) is 0 Å². The van der Waals surface area contributed by atoms with Crippen molar-refractivity contribution in [1.29, 1.82) is 0 Å². The minimum absolute atomic E-state index is 0.610. The van der Waals surface area contributed by atoms with E-state index in [9.17, 15) is 0 Å². The van der Waals surface area contributed by atoms with Gasteiger partial charge >= 0.3 is 0 Å². The van der Waals surface area contributed by atoms with Gasteiger partial charge in [0.05, 0.1) is 5.69 Å². The third-order valence-corrected chi connectivity index (χ3v) is 1.30. The molecule has 9 heavy (non-hydrogen) atoms. The molecule has 0 atom stereocenters. The number of hydrogen-bond acceptors (Lipinski definition) is 3. The lowest BCUT2D eigenvalue weighted by Crippen LogP contribution is -2.02. The van der Waals surface area contributed by atoms with E-state index in [1.807, 2.05) is 6.07 Å². The molecule has 0 aliphatic rings. The lowest BCUT2D eigenvalue weighted by Gasteiger charge is -1.83. The molecule has 0 spiro atoms. The van der Waals surface area contributed by atoms with Crippen LogP contribution in [-0.4, -0.2) is 11.7 Å². The first-order valence-corrected chi connectivity index (χ1v) is 3.43. The molecule has 0 saturated carbocycles. The highest BCUT2D eigenvalue weighted by Crippen LogP contribution is 2.09. The number of halogens is 1. The molecule has 50 valence electrons. The Labute approximate surface area is 61.3 Å². The molecule has 0 saturated heterocycles. The van der Waals surface area contributed by atoms with Gasteiger partial charge in [-0.2, -0.15) is 0 Å². The van der Waals surface area contributed by atoms with E-state index >= 15 is 0 Å². The summed E-state index contributed by atoms with van der Waals surface area (Å²) in [4.78, 5) is 0. The van der Waals surface area contributed by atoms with E-state index in [1.165, 1.54) is 0 Å². The molecule has 4 heteroatoms. The van der Waals surface area contributed by atoms with E-state index in [0.29, 0.717) is 11.2 Å². The van der Waals surface area contributed by atoms with Crippen LogP contribution in [0.15, 0.2) is 15.3 Å². The largest absolute Gasteiger partial charge is 0.349 e. The summed E-state index contributed by atoms with van der Waals surface area (Å²) in [5.74, 6) is 0. The van der Waals surface area contributed by atoms with E-state index < -0.39 is 0 Å². The highest BCUT2D eigenvalue weighted by atomic mass is 79.9. The van der Waals surface area contributed by atoms with Crippen LogP contribution >= 0.6 is 15.9 Å². The highest BCUT2D eigenvalue weighted by Gasteiger charge is 1.97. The molecular formula is C5H7BrN2O. The Bertz CT molecular complexity index is 187. The summed E-state index contributed by atoms with van der Waals surface area (Å²) in [6, 6.07) is 1.81. The number of rotatable bonds is 2. The average Bonchev–Trinajstić information content (AvgIpc) is 2.17. The third kappa shape index (κ3) is 1.80. The molecule has 0 bridgehead atoms. The zero-order valence-electron chi connectivity index (χ0n) is 4.80. The number of aromatic nitrogens is 1.